The Morgan fingerprint density at radius 2 is 2.14 bits per heavy atom. The predicted octanol–water partition coefficient (Wildman–Crippen LogP) is 3.58. The summed E-state index contributed by atoms with van der Waals surface area (Å²) in [6.45, 7) is 0. The normalized spacial score (nSPS) is 16.7. The Labute approximate surface area is 120 Å². The molecule has 21 heavy (non-hydrogen) atoms. The molecule has 3 nitrogen and oxygen atoms in total. The highest BCUT2D eigenvalue weighted by molar-refractivity contribution is 5.78. The van der Waals surface area contributed by atoms with Gasteiger partial charge in [-0.15, -0.1) is 0 Å². The molecule has 1 N–H and O–H groups in total. The van der Waals surface area contributed by atoms with E-state index in [9.17, 15) is 18.0 Å². The van der Waals surface area contributed by atoms with Gasteiger partial charge in [-0.3, -0.25) is 4.79 Å². The third-order valence-electron chi connectivity index (χ3n) is 3.75. The lowest BCUT2D eigenvalue weighted by atomic mass is 9.77. The van der Waals surface area contributed by atoms with Crippen molar-refractivity contribution in [1.29, 1.82) is 5.26 Å². The molecule has 6 heteroatoms. The minimum absolute atomic E-state index is 0.135. The van der Waals surface area contributed by atoms with Crippen LogP contribution in [-0.4, -0.2) is 5.91 Å². The zero-order valence-corrected chi connectivity index (χ0v) is 11.3. The van der Waals surface area contributed by atoms with E-state index < -0.39 is 23.7 Å². The first-order valence-electron chi connectivity index (χ1n) is 6.75. The van der Waals surface area contributed by atoms with Gasteiger partial charge in [0.1, 0.15) is 6.42 Å². The van der Waals surface area contributed by atoms with Gasteiger partial charge >= 0.3 is 6.18 Å². The predicted molar refractivity (Wildman–Crippen MR) is 69.9 cm³/mol. The molecule has 1 aliphatic rings. The molecular formula is C15H15F3N2O. The molecule has 1 aromatic carbocycles. The van der Waals surface area contributed by atoms with Crippen molar-refractivity contribution in [3.8, 4) is 6.07 Å². The number of alkyl halides is 3. The molecule has 0 unspecified atom stereocenters. The maximum atomic E-state index is 12.8. The van der Waals surface area contributed by atoms with E-state index >= 15 is 0 Å². The molecule has 1 atom stereocenters. The largest absolute Gasteiger partial charge is 0.416 e. The number of halogens is 3. The van der Waals surface area contributed by atoms with Crippen LogP contribution in [0.3, 0.4) is 0 Å². The number of carbonyl (C=O) groups is 1. The Morgan fingerprint density at radius 1 is 1.43 bits per heavy atom. The highest BCUT2D eigenvalue weighted by Crippen LogP contribution is 2.39. The Kier molecular flexibility index (Phi) is 4.51. The number of nitriles is 1. The molecule has 0 aromatic heterocycles. The van der Waals surface area contributed by atoms with Gasteiger partial charge in [0.25, 0.3) is 0 Å². The molecule has 112 valence electrons. The molecule has 0 bridgehead atoms. The van der Waals surface area contributed by atoms with Gasteiger partial charge in [-0.1, -0.05) is 18.6 Å². The lowest BCUT2D eigenvalue weighted by molar-refractivity contribution is -0.137. The SMILES string of the molecule is N#CCC(=O)N[C@@H](c1cccc(C(F)(F)F)c1)C1CCC1. The van der Waals surface area contributed by atoms with Crippen LogP contribution in [0.5, 0.6) is 0 Å². The fourth-order valence-electron chi connectivity index (χ4n) is 2.45. The average molecular weight is 296 g/mol. The molecule has 0 radical (unpaired) electrons. The minimum Gasteiger partial charge on any atom is -0.348 e. The number of hydrogen-bond donors (Lipinski definition) is 1. The molecule has 1 amide bonds. The van der Waals surface area contributed by atoms with Crippen molar-refractivity contribution in [1.82, 2.24) is 5.32 Å². The summed E-state index contributed by atoms with van der Waals surface area (Å²) < 4.78 is 38.3. The molecule has 1 aromatic rings. The van der Waals surface area contributed by atoms with E-state index in [1.54, 1.807) is 12.1 Å². The second-order valence-corrected chi connectivity index (χ2v) is 5.19. The van der Waals surface area contributed by atoms with Crippen molar-refractivity contribution in [2.45, 2.75) is 37.9 Å². The van der Waals surface area contributed by atoms with Gasteiger partial charge in [0.05, 0.1) is 17.7 Å². The third kappa shape index (κ3) is 3.75. The van der Waals surface area contributed by atoms with E-state index in [1.165, 1.54) is 6.07 Å². The zero-order valence-electron chi connectivity index (χ0n) is 11.3. The topological polar surface area (TPSA) is 52.9 Å². The van der Waals surface area contributed by atoms with Gasteiger partial charge < -0.3 is 5.32 Å². The van der Waals surface area contributed by atoms with Crippen LogP contribution >= 0.6 is 0 Å². The minimum atomic E-state index is -4.41. The monoisotopic (exact) mass is 296 g/mol. The number of nitrogens with zero attached hydrogens (tertiary/aromatic N) is 1. The second-order valence-electron chi connectivity index (χ2n) is 5.19. The van der Waals surface area contributed by atoms with Crippen molar-refractivity contribution in [2.75, 3.05) is 0 Å². The summed E-state index contributed by atoms with van der Waals surface area (Å²) in [4.78, 5) is 11.6. The van der Waals surface area contributed by atoms with E-state index in [2.05, 4.69) is 5.32 Å². The number of nitrogens with one attached hydrogen (secondary N) is 1. The molecule has 2 rings (SSSR count). The molecule has 1 saturated carbocycles. The van der Waals surface area contributed by atoms with E-state index in [0.29, 0.717) is 5.56 Å². The van der Waals surface area contributed by atoms with Crippen LogP contribution in [0.2, 0.25) is 0 Å². The average Bonchev–Trinajstić information content (AvgIpc) is 2.35. The summed E-state index contributed by atoms with van der Waals surface area (Å²) >= 11 is 0. The molecule has 0 aliphatic heterocycles. The number of rotatable bonds is 4. The Morgan fingerprint density at radius 3 is 2.67 bits per heavy atom. The quantitative estimate of drug-likeness (QED) is 0.923. The molecule has 1 fully saturated rings. The van der Waals surface area contributed by atoms with Crippen molar-refractivity contribution in [3.63, 3.8) is 0 Å². The summed E-state index contributed by atoms with van der Waals surface area (Å²) in [5, 5.41) is 11.2. The highest BCUT2D eigenvalue weighted by Gasteiger charge is 2.33. The summed E-state index contributed by atoms with van der Waals surface area (Å²) in [7, 11) is 0. The lowest BCUT2D eigenvalue weighted by Crippen LogP contribution is -2.36. The summed E-state index contributed by atoms with van der Waals surface area (Å²) in [6.07, 6.45) is -1.95. The summed E-state index contributed by atoms with van der Waals surface area (Å²) in [5.41, 5.74) is -0.278. The molecule has 0 saturated heterocycles. The zero-order chi connectivity index (χ0) is 15.5. The maximum Gasteiger partial charge on any atom is 0.416 e. The first-order valence-corrected chi connectivity index (χ1v) is 6.75. The number of amides is 1. The van der Waals surface area contributed by atoms with Crippen LogP contribution in [0.25, 0.3) is 0 Å². The van der Waals surface area contributed by atoms with Gasteiger partial charge in [0.15, 0.2) is 0 Å². The van der Waals surface area contributed by atoms with Crippen LogP contribution in [0, 0.1) is 17.2 Å². The molecule has 0 spiro atoms. The maximum absolute atomic E-state index is 12.8. The Hall–Kier alpha value is -2.03. The van der Waals surface area contributed by atoms with Gasteiger partial charge in [-0.25, -0.2) is 0 Å². The Bertz CT molecular complexity index is 559. The Balaban J connectivity index is 2.24. The van der Waals surface area contributed by atoms with Crippen LogP contribution < -0.4 is 5.32 Å². The van der Waals surface area contributed by atoms with Crippen LogP contribution in [0.15, 0.2) is 24.3 Å². The van der Waals surface area contributed by atoms with Crippen molar-refractivity contribution < 1.29 is 18.0 Å². The van der Waals surface area contributed by atoms with Gasteiger partial charge in [0, 0.05) is 0 Å². The molecule has 1 aliphatic carbocycles. The van der Waals surface area contributed by atoms with Crippen LogP contribution in [0.4, 0.5) is 13.2 Å². The van der Waals surface area contributed by atoms with Gasteiger partial charge in [-0.2, -0.15) is 18.4 Å². The lowest BCUT2D eigenvalue weighted by Gasteiger charge is -2.34. The molecular weight excluding hydrogens is 281 g/mol. The number of benzene rings is 1. The van der Waals surface area contributed by atoms with E-state index in [4.69, 9.17) is 5.26 Å². The van der Waals surface area contributed by atoms with Crippen molar-refractivity contribution in [3.05, 3.63) is 35.4 Å². The fourth-order valence-corrected chi connectivity index (χ4v) is 2.45. The van der Waals surface area contributed by atoms with Gasteiger partial charge in [-0.05, 0) is 36.5 Å². The van der Waals surface area contributed by atoms with E-state index in [1.807, 2.05) is 0 Å². The number of hydrogen-bond acceptors (Lipinski definition) is 2. The first-order chi connectivity index (χ1) is 9.91. The van der Waals surface area contributed by atoms with E-state index in [-0.39, 0.29) is 12.3 Å². The summed E-state index contributed by atoms with van der Waals surface area (Å²) in [6, 6.07) is 6.31. The fraction of sp³-hybridized carbons (Fsp3) is 0.467. The standard InChI is InChI=1S/C15H15F3N2O/c16-15(17,18)12-6-2-5-11(9-12)14(10-3-1-4-10)20-13(21)7-8-19/h2,5-6,9-10,14H,1,3-4,7H2,(H,20,21)/t14-/m1/s1. The number of carbonyl (C=O) groups excluding carboxylic acids is 1. The van der Waals surface area contributed by atoms with Crippen LogP contribution in [-0.2, 0) is 11.0 Å². The van der Waals surface area contributed by atoms with Crippen LogP contribution in [0.1, 0.15) is 42.9 Å². The highest BCUT2D eigenvalue weighted by atomic mass is 19.4. The van der Waals surface area contributed by atoms with Crippen molar-refractivity contribution in [2.24, 2.45) is 5.92 Å². The van der Waals surface area contributed by atoms with E-state index in [0.717, 1.165) is 31.4 Å². The third-order valence-corrected chi connectivity index (χ3v) is 3.75. The smallest absolute Gasteiger partial charge is 0.348 e. The second kappa shape index (κ2) is 6.17. The molecule has 0 heterocycles. The first kappa shape index (κ1) is 15.4. The van der Waals surface area contributed by atoms with Crippen molar-refractivity contribution >= 4 is 5.91 Å². The summed E-state index contributed by atoms with van der Waals surface area (Å²) in [5.74, 6) is -0.317. The van der Waals surface area contributed by atoms with Gasteiger partial charge in [0.2, 0.25) is 5.91 Å².